The molecule has 3 aromatic carbocycles. The predicted octanol–water partition coefficient (Wildman–Crippen LogP) is 11.1. The summed E-state index contributed by atoms with van der Waals surface area (Å²) in [6, 6.07) is 7.30. The maximum atomic E-state index is 15.0. The van der Waals surface area contributed by atoms with Crippen LogP contribution in [-0.4, -0.2) is 6.10 Å². The minimum absolute atomic E-state index is 0.0169. The Morgan fingerprint density at radius 2 is 1.23 bits per heavy atom. The molecule has 3 aromatic rings. The molecule has 12 heteroatoms. The molecule has 1 fully saturated rings. The molecule has 0 aromatic heterocycles. The van der Waals surface area contributed by atoms with E-state index in [0.29, 0.717) is 30.7 Å². The summed E-state index contributed by atoms with van der Waals surface area (Å²) < 4.78 is 159. The van der Waals surface area contributed by atoms with Gasteiger partial charge in [0.15, 0.2) is 5.83 Å². The van der Waals surface area contributed by atoms with E-state index >= 15 is 0 Å². The van der Waals surface area contributed by atoms with E-state index in [-0.39, 0.29) is 54.4 Å². The average molecular weight is 623 g/mol. The molecule has 0 atom stereocenters. The van der Waals surface area contributed by atoms with E-state index in [9.17, 15) is 48.3 Å². The first-order valence-corrected chi connectivity index (χ1v) is 13.4. The molecular weight excluding hydrogens is 597 g/mol. The Balaban J connectivity index is 1.45. The maximum absolute atomic E-state index is 15.0. The normalized spacial score (nSPS) is 18.5. The summed E-state index contributed by atoms with van der Waals surface area (Å²) in [5.74, 6) is -9.49. The Kier molecular flexibility index (Phi) is 9.58. The molecule has 1 aliphatic carbocycles. The second-order valence-electron chi connectivity index (χ2n) is 10.3. The number of benzene rings is 3. The van der Waals surface area contributed by atoms with Crippen LogP contribution in [0.25, 0.3) is 17.0 Å². The van der Waals surface area contributed by atoms with Crippen LogP contribution < -0.4 is 0 Å². The first-order valence-electron chi connectivity index (χ1n) is 13.4. The summed E-state index contributed by atoms with van der Waals surface area (Å²) >= 11 is 0. The van der Waals surface area contributed by atoms with Gasteiger partial charge in [0.25, 0.3) is 0 Å². The lowest BCUT2D eigenvalue weighted by Gasteiger charge is -2.32. The van der Waals surface area contributed by atoms with Crippen molar-refractivity contribution in [2.75, 3.05) is 0 Å². The van der Waals surface area contributed by atoms with Crippen molar-refractivity contribution in [1.29, 1.82) is 0 Å². The number of halogens is 11. The van der Waals surface area contributed by atoms with Crippen LogP contribution >= 0.6 is 0 Å². The van der Waals surface area contributed by atoms with Gasteiger partial charge < -0.3 is 4.74 Å². The molecule has 0 aliphatic heterocycles. The largest absolute Gasteiger partial charge is 0.422 e. The van der Waals surface area contributed by atoms with E-state index in [2.05, 4.69) is 0 Å². The molecule has 43 heavy (non-hydrogen) atoms. The van der Waals surface area contributed by atoms with Gasteiger partial charge in [-0.25, -0.2) is 26.3 Å². The minimum atomic E-state index is -5.23. The number of hydrogen-bond donors (Lipinski definition) is 0. The van der Waals surface area contributed by atoms with Gasteiger partial charge in [-0.15, -0.1) is 0 Å². The van der Waals surface area contributed by atoms with Gasteiger partial charge in [0.1, 0.15) is 40.2 Å². The molecule has 232 valence electrons. The fourth-order valence-electron chi connectivity index (χ4n) is 5.19. The van der Waals surface area contributed by atoms with Crippen molar-refractivity contribution in [3.05, 3.63) is 99.9 Å². The third-order valence-electron chi connectivity index (χ3n) is 7.32. The van der Waals surface area contributed by atoms with Crippen LogP contribution in [0.15, 0.2) is 54.4 Å². The van der Waals surface area contributed by atoms with Gasteiger partial charge in [-0.05, 0) is 79.0 Å². The molecule has 0 bridgehead atoms. The van der Waals surface area contributed by atoms with E-state index in [1.54, 1.807) is 6.92 Å². The third kappa shape index (κ3) is 7.22. The Morgan fingerprint density at radius 3 is 1.72 bits per heavy atom. The number of rotatable bonds is 8. The van der Waals surface area contributed by atoms with Crippen LogP contribution in [-0.2, 0) is 17.0 Å². The van der Waals surface area contributed by atoms with Gasteiger partial charge in [-0.3, -0.25) is 0 Å². The maximum Gasteiger partial charge on any atom is 0.422 e. The second-order valence-corrected chi connectivity index (χ2v) is 10.3. The highest BCUT2D eigenvalue weighted by atomic mass is 19.4. The van der Waals surface area contributed by atoms with Crippen molar-refractivity contribution in [2.24, 2.45) is 0 Å². The molecule has 0 saturated heterocycles. The first kappa shape index (κ1) is 32.5. The lowest BCUT2D eigenvalue weighted by atomic mass is 9.82. The highest BCUT2D eigenvalue weighted by Crippen LogP contribution is 2.43. The van der Waals surface area contributed by atoms with Crippen molar-refractivity contribution in [3.63, 3.8) is 0 Å². The van der Waals surface area contributed by atoms with Crippen molar-refractivity contribution in [3.8, 4) is 11.1 Å². The minimum Gasteiger partial charge on any atom is -0.313 e. The zero-order valence-corrected chi connectivity index (χ0v) is 22.6. The molecule has 0 spiro atoms. The quantitative estimate of drug-likeness (QED) is 0.227. The van der Waals surface area contributed by atoms with E-state index < -0.39 is 70.4 Å². The van der Waals surface area contributed by atoms with Gasteiger partial charge in [0.2, 0.25) is 0 Å². The van der Waals surface area contributed by atoms with Gasteiger partial charge in [0, 0.05) is 12.0 Å². The molecule has 0 heterocycles. The fourth-order valence-corrected chi connectivity index (χ4v) is 5.19. The highest BCUT2D eigenvalue weighted by Gasteiger charge is 2.43. The molecule has 0 radical (unpaired) electrons. The van der Waals surface area contributed by atoms with Crippen LogP contribution in [0.1, 0.15) is 73.6 Å². The van der Waals surface area contributed by atoms with Gasteiger partial charge in [-0.2, -0.15) is 22.0 Å². The molecule has 1 saturated carbocycles. The van der Waals surface area contributed by atoms with Gasteiger partial charge in [-0.1, -0.05) is 31.2 Å². The highest BCUT2D eigenvalue weighted by molar-refractivity contribution is 5.69. The second kappa shape index (κ2) is 12.7. The Morgan fingerprint density at radius 1 is 0.721 bits per heavy atom. The summed E-state index contributed by atoms with van der Waals surface area (Å²) in [4.78, 5) is 0. The van der Waals surface area contributed by atoms with Crippen LogP contribution in [0.2, 0.25) is 0 Å². The van der Waals surface area contributed by atoms with E-state index in [4.69, 9.17) is 4.74 Å². The van der Waals surface area contributed by atoms with Crippen molar-refractivity contribution in [2.45, 2.75) is 69.8 Å². The molecule has 4 rings (SSSR count). The van der Waals surface area contributed by atoms with Gasteiger partial charge in [0.05, 0.1) is 6.10 Å². The Bertz CT molecular complexity index is 1440. The Hall–Kier alpha value is -3.41. The van der Waals surface area contributed by atoms with Crippen LogP contribution in [0.3, 0.4) is 0 Å². The van der Waals surface area contributed by atoms with Crippen LogP contribution in [0.4, 0.5) is 48.3 Å². The summed E-state index contributed by atoms with van der Waals surface area (Å²) in [5.41, 5.74) is -3.83. The number of alkyl halides is 5. The van der Waals surface area contributed by atoms with E-state index in [1.165, 1.54) is 24.3 Å². The smallest absolute Gasteiger partial charge is 0.313 e. The van der Waals surface area contributed by atoms with Gasteiger partial charge >= 0.3 is 12.3 Å². The molecule has 1 nitrogen and oxygen atoms in total. The monoisotopic (exact) mass is 622 g/mol. The molecule has 0 unspecified atom stereocenters. The van der Waals surface area contributed by atoms with Crippen molar-refractivity contribution < 1.29 is 53.0 Å². The van der Waals surface area contributed by atoms with E-state index in [0.717, 1.165) is 0 Å². The molecule has 1 aliphatic rings. The standard InChI is InChI=1S/C31H25F11O/c1-2-3-22(32)29(37)18-6-4-16(5-7-18)20-14-25(35)28(26(36)15-20)31(41,42)43-21-10-8-17(9-11-21)19-12-23(33)27(24(34)13-19)30(38,39)40/h4-7,12-15,17,21H,2-3,8-11H2,1H3/b29-22+. The SMILES string of the molecule is CCC/C(F)=C(\F)c1ccc(-c2cc(F)c(C(F)(F)OC3CCC(c4cc(F)c(C(F)(F)F)c(F)c4)CC3)c(F)c2)cc1. The Labute approximate surface area is 240 Å². The third-order valence-corrected chi connectivity index (χ3v) is 7.32. The molecule has 0 amide bonds. The zero-order valence-electron chi connectivity index (χ0n) is 22.6. The number of ether oxygens (including phenoxy) is 1. The molecular formula is C31H25F11O. The number of hydrogen-bond acceptors (Lipinski definition) is 1. The van der Waals surface area contributed by atoms with Crippen LogP contribution in [0.5, 0.6) is 0 Å². The van der Waals surface area contributed by atoms with E-state index in [1.807, 2.05) is 0 Å². The summed E-state index contributed by atoms with van der Waals surface area (Å²) in [6.07, 6.45) is -10.8. The lowest BCUT2D eigenvalue weighted by molar-refractivity contribution is -0.280. The fraction of sp³-hybridized carbons (Fsp3) is 0.355. The first-order chi connectivity index (χ1) is 20.1. The zero-order chi connectivity index (χ0) is 31.7. The lowest BCUT2D eigenvalue weighted by Crippen LogP contribution is -2.31. The predicted molar refractivity (Wildman–Crippen MR) is 137 cm³/mol. The van der Waals surface area contributed by atoms with Crippen molar-refractivity contribution >= 4 is 5.83 Å². The average Bonchev–Trinajstić information content (AvgIpc) is 2.91. The summed E-state index contributed by atoms with van der Waals surface area (Å²) in [7, 11) is 0. The van der Waals surface area contributed by atoms with Crippen LogP contribution in [0, 0.1) is 23.3 Å². The summed E-state index contributed by atoms with van der Waals surface area (Å²) in [5, 5.41) is 0. The summed E-state index contributed by atoms with van der Waals surface area (Å²) in [6.45, 7) is 1.67. The van der Waals surface area contributed by atoms with Crippen molar-refractivity contribution in [1.82, 2.24) is 0 Å². The molecule has 0 N–H and O–H groups in total. The topological polar surface area (TPSA) is 9.23 Å². The number of allylic oxidation sites excluding steroid dienone is 1.